The van der Waals surface area contributed by atoms with Crippen LogP contribution in [0.4, 0.5) is 0 Å². The molecule has 25 heavy (non-hydrogen) atoms. The third kappa shape index (κ3) is 2.06. The molecule has 4 rings (SSSR count). The molecule has 4 heteroatoms. The zero-order chi connectivity index (χ0) is 18.1. The molecule has 4 aliphatic rings. The molecular weight excluding hydrogens is 314 g/mol. The van der Waals surface area contributed by atoms with Gasteiger partial charge in [-0.2, -0.15) is 0 Å². The highest BCUT2D eigenvalue weighted by Crippen LogP contribution is 2.65. The highest BCUT2D eigenvalue weighted by atomic mass is 16.3. The Kier molecular flexibility index (Phi) is 3.67. The number of fused-ring (bicyclic) bond motifs is 5. The normalized spacial score (nSPS) is 51.7. The Balaban J connectivity index is 1.74. The lowest BCUT2D eigenvalue weighted by Crippen LogP contribution is -2.60. The molecular formula is C21H29NO3. The first kappa shape index (κ1) is 17.1. The zero-order valence-electron chi connectivity index (χ0n) is 15.4. The first-order valence-electron chi connectivity index (χ1n) is 9.69. The van der Waals surface area contributed by atoms with Crippen LogP contribution in [0.3, 0.4) is 0 Å². The molecule has 0 bridgehead atoms. The molecule has 8 atom stereocenters. The summed E-state index contributed by atoms with van der Waals surface area (Å²) < 4.78 is 0. The number of aliphatic hydroxyl groups excluding tert-OH is 1. The lowest BCUT2D eigenvalue weighted by atomic mass is 9.45. The predicted molar refractivity (Wildman–Crippen MR) is 95.3 cm³/mol. The average molecular weight is 343 g/mol. The second-order valence-corrected chi connectivity index (χ2v) is 9.36. The van der Waals surface area contributed by atoms with Crippen molar-refractivity contribution in [1.29, 1.82) is 5.41 Å². The van der Waals surface area contributed by atoms with Crippen molar-refractivity contribution in [2.45, 2.75) is 59.0 Å². The minimum atomic E-state index is -0.675. The zero-order valence-corrected chi connectivity index (χ0v) is 15.4. The summed E-state index contributed by atoms with van der Waals surface area (Å²) in [5, 5.41) is 19.1. The summed E-state index contributed by atoms with van der Waals surface area (Å²) in [7, 11) is 0. The van der Waals surface area contributed by atoms with Crippen LogP contribution in [0.15, 0.2) is 12.2 Å². The SMILES string of the molecule is CC(=O)[C@H]1CC[C@H]2[C@@H]3C=CC4C(=N)C(=O)CC(O)[C@]4(C)[C@H]3CC[C@]12C. The van der Waals surface area contributed by atoms with Gasteiger partial charge in [0.25, 0.3) is 0 Å². The topological polar surface area (TPSA) is 78.2 Å². The number of ketones is 2. The maximum atomic E-state index is 12.2. The minimum Gasteiger partial charge on any atom is -0.392 e. The number of aliphatic hydroxyl groups is 1. The van der Waals surface area contributed by atoms with Crippen LogP contribution in [-0.4, -0.2) is 28.5 Å². The Morgan fingerprint density at radius 2 is 1.92 bits per heavy atom. The van der Waals surface area contributed by atoms with Gasteiger partial charge in [-0.15, -0.1) is 0 Å². The molecule has 136 valence electrons. The number of hydrogen-bond acceptors (Lipinski definition) is 4. The lowest BCUT2D eigenvalue weighted by Gasteiger charge is -2.59. The molecule has 2 unspecified atom stereocenters. The van der Waals surface area contributed by atoms with Crippen molar-refractivity contribution in [3.63, 3.8) is 0 Å². The summed E-state index contributed by atoms with van der Waals surface area (Å²) in [5.41, 5.74) is -0.201. The Hall–Kier alpha value is -1.29. The summed E-state index contributed by atoms with van der Waals surface area (Å²) in [4.78, 5) is 24.2. The molecule has 4 nitrogen and oxygen atoms in total. The molecule has 0 aromatic heterocycles. The van der Waals surface area contributed by atoms with Crippen LogP contribution >= 0.6 is 0 Å². The van der Waals surface area contributed by atoms with E-state index in [9.17, 15) is 14.7 Å². The van der Waals surface area contributed by atoms with Gasteiger partial charge in [-0.1, -0.05) is 26.0 Å². The first-order valence-corrected chi connectivity index (χ1v) is 9.69. The molecule has 0 amide bonds. The summed E-state index contributed by atoms with van der Waals surface area (Å²) >= 11 is 0. The van der Waals surface area contributed by atoms with Gasteiger partial charge >= 0.3 is 0 Å². The third-order valence-corrected chi connectivity index (χ3v) is 8.53. The van der Waals surface area contributed by atoms with Crippen molar-refractivity contribution in [3.05, 3.63) is 12.2 Å². The van der Waals surface area contributed by atoms with Crippen molar-refractivity contribution in [2.24, 2.45) is 40.4 Å². The van der Waals surface area contributed by atoms with Crippen LogP contribution in [0, 0.1) is 45.8 Å². The van der Waals surface area contributed by atoms with Crippen molar-refractivity contribution >= 4 is 17.3 Å². The molecule has 3 fully saturated rings. The molecule has 2 N–H and O–H groups in total. The molecule has 0 aliphatic heterocycles. The summed E-state index contributed by atoms with van der Waals surface area (Å²) in [6.45, 7) is 6.11. The number of allylic oxidation sites excluding steroid dienone is 2. The molecule has 0 heterocycles. The number of Topliss-reactive ketones (excluding diaryl/α,β-unsaturated/α-hetero) is 2. The fourth-order valence-corrected chi connectivity index (χ4v) is 7.07. The maximum absolute atomic E-state index is 12.2. The number of hydrogen-bond donors (Lipinski definition) is 2. The molecule has 0 aromatic rings. The average Bonchev–Trinajstić information content (AvgIpc) is 2.90. The molecule has 0 aromatic carbocycles. The predicted octanol–water partition coefficient (Wildman–Crippen LogP) is 3.18. The van der Waals surface area contributed by atoms with Gasteiger partial charge in [-0.3, -0.25) is 9.59 Å². The van der Waals surface area contributed by atoms with Gasteiger partial charge in [0, 0.05) is 23.7 Å². The van der Waals surface area contributed by atoms with E-state index < -0.39 is 11.5 Å². The van der Waals surface area contributed by atoms with E-state index in [2.05, 4.69) is 19.9 Å². The molecule has 0 spiro atoms. The molecule has 0 saturated heterocycles. The van der Waals surface area contributed by atoms with Crippen molar-refractivity contribution in [3.8, 4) is 0 Å². The summed E-state index contributed by atoms with van der Waals surface area (Å²) in [6.07, 6.45) is 7.68. The van der Waals surface area contributed by atoms with Gasteiger partial charge in [0.05, 0.1) is 11.8 Å². The Morgan fingerprint density at radius 3 is 2.60 bits per heavy atom. The van der Waals surface area contributed by atoms with Crippen molar-refractivity contribution < 1.29 is 14.7 Å². The Bertz CT molecular complexity index is 683. The van der Waals surface area contributed by atoms with E-state index >= 15 is 0 Å². The fourth-order valence-electron chi connectivity index (χ4n) is 7.07. The van der Waals surface area contributed by atoms with E-state index in [0.717, 1.165) is 25.7 Å². The van der Waals surface area contributed by atoms with Gasteiger partial charge in [0.15, 0.2) is 5.78 Å². The van der Waals surface area contributed by atoms with Gasteiger partial charge in [-0.25, -0.2) is 0 Å². The number of rotatable bonds is 1. The fraction of sp³-hybridized carbons (Fsp3) is 0.762. The van der Waals surface area contributed by atoms with Crippen molar-refractivity contribution in [1.82, 2.24) is 0 Å². The second kappa shape index (κ2) is 5.35. The highest BCUT2D eigenvalue weighted by Gasteiger charge is 2.62. The largest absolute Gasteiger partial charge is 0.392 e. The maximum Gasteiger partial charge on any atom is 0.179 e. The number of carbonyl (C=O) groups is 2. The number of carbonyl (C=O) groups excluding carboxylic acids is 2. The van der Waals surface area contributed by atoms with E-state index in [-0.39, 0.29) is 41.1 Å². The molecule has 0 radical (unpaired) electrons. The van der Waals surface area contributed by atoms with Crippen molar-refractivity contribution in [2.75, 3.05) is 0 Å². The van der Waals surface area contributed by atoms with Gasteiger partial charge in [0.2, 0.25) is 0 Å². The molecule has 4 aliphatic carbocycles. The number of nitrogens with one attached hydrogen (secondary N) is 1. The van der Waals surface area contributed by atoms with Gasteiger partial charge < -0.3 is 10.5 Å². The lowest BCUT2D eigenvalue weighted by molar-refractivity contribution is -0.135. The smallest absolute Gasteiger partial charge is 0.179 e. The molecule has 3 saturated carbocycles. The van der Waals surface area contributed by atoms with Crippen LogP contribution in [-0.2, 0) is 9.59 Å². The van der Waals surface area contributed by atoms with Gasteiger partial charge in [-0.05, 0) is 55.8 Å². The van der Waals surface area contributed by atoms with Crippen LogP contribution in [0.1, 0.15) is 52.9 Å². The van der Waals surface area contributed by atoms with E-state index in [1.807, 2.05) is 6.08 Å². The van der Waals surface area contributed by atoms with E-state index in [4.69, 9.17) is 5.41 Å². The first-order chi connectivity index (χ1) is 11.7. The van der Waals surface area contributed by atoms with E-state index in [1.165, 1.54) is 0 Å². The van der Waals surface area contributed by atoms with Gasteiger partial charge in [0.1, 0.15) is 5.78 Å². The summed E-state index contributed by atoms with van der Waals surface area (Å²) in [6, 6.07) is 0. The summed E-state index contributed by atoms with van der Waals surface area (Å²) in [5.74, 6) is 1.10. The Morgan fingerprint density at radius 1 is 1.20 bits per heavy atom. The van der Waals surface area contributed by atoms with E-state index in [1.54, 1.807) is 6.92 Å². The van der Waals surface area contributed by atoms with Crippen LogP contribution in [0.5, 0.6) is 0 Å². The highest BCUT2D eigenvalue weighted by molar-refractivity contribution is 6.40. The third-order valence-electron chi connectivity index (χ3n) is 8.53. The van der Waals surface area contributed by atoms with Crippen LogP contribution in [0.2, 0.25) is 0 Å². The quantitative estimate of drug-likeness (QED) is 0.718. The second-order valence-electron chi connectivity index (χ2n) is 9.36. The van der Waals surface area contributed by atoms with Crippen LogP contribution < -0.4 is 0 Å². The monoisotopic (exact) mass is 343 g/mol. The Labute approximate surface area is 149 Å². The standard InChI is InChI=1S/C21H29NO3/c1-11(23)13-6-7-14-12-4-5-16-19(22)17(24)10-18(25)21(16,3)15(12)8-9-20(13,14)2/h4-5,12-16,18,22,25H,6-10H2,1-3H3/t12-,13+,14-,15-,16?,18?,20+,21+/m0/s1. The van der Waals surface area contributed by atoms with E-state index in [0.29, 0.717) is 17.6 Å². The minimum absolute atomic E-state index is 0.0590. The van der Waals surface area contributed by atoms with Crippen LogP contribution in [0.25, 0.3) is 0 Å².